The summed E-state index contributed by atoms with van der Waals surface area (Å²) in [6.45, 7) is 2.41. The van der Waals surface area contributed by atoms with Gasteiger partial charge in [0, 0.05) is 16.8 Å². The second kappa shape index (κ2) is 8.80. The molecule has 2 aliphatic heterocycles. The van der Waals surface area contributed by atoms with Gasteiger partial charge in [-0.25, -0.2) is 0 Å². The molecule has 2 aromatic rings. The first-order valence-corrected chi connectivity index (χ1v) is 12.4. The standard InChI is InChI=1S/C27H33NO5/c29-26-22-5-6-23(28(26)27-14-19-11-20(15-27)13-21(12-19)16-27)18-31-8-10-33-25-4-2-1-3-24(25)32-9-7-30-17-22/h1-6,19-21H,7-18H2. The quantitative estimate of drug-likeness (QED) is 0.648. The van der Waals surface area contributed by atoms with Crippen LogP contribution in [-0.4, -0.2) is 31.0 Å². The molecule has 3 heterocycles. The molecule has 4 fully saturated rings. The molecular formula is C27H33NO5. The highest BCUT2D eigenvalue weighted by Crippen LogP contribution is 2.58. The molecular weight excluding hydrogens is 418 g/mol. The highest BCUT2D eigenvalue weighted by atomic mass is 16.6. The molecule has 0 unspecified atom stereocenters. The van der Waals surface area contributed by atoms with Crippen molar-refractivity contribution >= 4 is 0 Å². The second-order valence-electron chi connectivity index (χ2n) is 10.4. The van der Waals surface area contributed by atoms with Crippen molar-refractivity contribution in [3.8, 4) is 11.5 Å². The zero-order chi connectivity index (χ0) is 22.3. The number of rotatable bonds is 1. The first-order valence-electron chi connectivity index (χ1n) is 12.4. The van der Waals surface area contributed by atoms with Gasteiger partial charge in [0.25, 0.3) is 5.56 Å². The van der Waals surface area contributed by atoms with Crippen molar-refractivity contribution in [2.45, 2.75) is 57.3 Å². The largest absolute Gasteiger partial charge is 0.487 e. The van der Waals surface area contributed by atoms with Crippen LogP contribution in [-0.2, 0) is 28.2 Å². The topological polar surface area (TPSA) is 58.9 Å². The summed E-state index contributed by atoms with van der Waals surface area (Å²) in [5, 5.41) is 0. The summed E-state index contributed by atoms with van der Waals surface area (Å²) in [6.07, 6.45) is 7.43. The van der Waals surface area contributed by atoms with Crippen molar-refractivity contribution < 1.29 is 18.9 Å². The maximum absolute atomic E-state index is 13.8. The number of hydrogen-bond acceptors (Lipinski definition) is 5. The van der Waals surface area contributed by atoms with E-state index in [0.717, 1.165) is 48.3 Å². The summed E-state index contributed by atoms with van der Waals surface area (Å²) in [7, 11) is 0. The van der Waals surface area contributed by atoms with Crippen molar-refractivity contribution in [1.29, 1.82) is 0 Å². The van der Waals surface area contributed by atoms with Crippen molar-refractivity contribution in [2.75, 3.05) is 26.4 Å². The van der Waals surface area contributed by atoms with E-state index in [1.165, 1.54) is 19.3 Å². The summed E-state index contributed by atoms with van der Waals surface area (Å²) in [6, 6.07) is 11.7. The number of aromatic nitrogens is 1. The molecule has 8 rings (SSSR count). The number of benzene rings is 1. The molecule has 1 aromatic heterocycles. The Kier molecular flexibility index (Phi) is 5.67. The highest BCUT2D eigenvalue weighted by Gasteiger charge is 2.52. The zero-order valence-electron chi connectivity index (χ0n) is 19.2. The number of fused-ring (bicyclic) bond motifs is 10. The maximum Gasteiger partial charge on any atom is 0.256 e. The molecule has 6 bridgehead atoms. The molecule has 0 N–H and O–H groups in total. The molecule has 1 aromatic carbocycles. The van der Waals surface area contributed by atoms with Crippen LogP contribution in [0.1, 0.15) is 49.8 Å². The lowest BCUT2D eigenvalue weighted by Crippen LogP contribution is -2.55. The molecule has 33 heavy (non-hydrogen) atoms. The fourth-order valence-corrected chi connectivity index (χ4v) is 7.17. The highest BCUT2D eigenvalue weighted by molar-refractivity contribution is 5.39. The zero-order valence-corrected chi connectivity index (χ0v) is 19.2. The van der Waals surface area contributed by atoms with Crippen LogP contribution in [0, 0.1) is 17.8 Å². The first-order chi connectivity index (χ1) is 16.2. The molecule has 0 saturated heterocycles. The molecule has 0 spiro atoms. The predicted molar refractivity (Wildman–Crippen MR) is 124 cm³/mol. The molecule has 4 saturated carbocycles. The van der Waals surface area contributed by atoms with Gasteiger partial charge in [0.15, 0.2) is 11.5 Å². The third-order valence-corrected chi connectivity index (χ3v) is 8.05. The van der Waals surface area contributed by atoms with Crippen molar-refractivity contribution in [2.24, 2.45) is 17.8 Å². The van der Waals surface area contributed by atoms with Gasteiger partial charge in [0.1, 0.15) is 13.2 Å². The fraction of sp³-hybridized carbons (Fsp3) is 0.593. The van der Waals surface area contributed by atoms with Gasteiger partial charge in [-0.1, -0.05) is 12.1 Å². The van der Waals surface area contributed by atoms with Crippen molar-refractivity contribution in [3.63, 3.8) is 0 Å². The Morgan fingerprint density at radius 3 is 1.91 bits per heavy atom. The summed E-state index contributed by atoms with van der Waals surface area (Å²) in [5.74, 6) is 3.70. The van der Waals surface area contributed by atoms with E-state index < -0.39 is 0 Å². The van der Waals surface area contributed by atoms with Crippen LogP contribution in [0.4, 0.5) is 0 Å². The predicted octanol–water partition coefficient (Wildman–Crippen LogP) is 4.28. The van der Waals surface area contributed by atoms with Crippen LogP contribution in [0.2, 0.25) is 0 Å². The van der Waals surface area contributed by atoms with Crippen molar-refractivity contribution in [1.82, 2.24) is 4.57 Å². The van der Waals surface area contributed by atoms with E-state index >= 15 is 0 Å². The van der Waals surface area contributed by atoms with E-state index in [1.54, 1.807) is 0 Å². The molecule has 0 radical (unpaired) electrons. The lowest BCUT2D eigenvalue weighted by atomic mass is 9.53. The molecule has 6 nitrogen and oxygen atoms in total. The van der Waals surface area contributed by atoms with E-state index in [-0.39, 0.29) is 11.1 Å². The van der Waals surface area contributed by atoms with Gasteiger partial charge in [-0.3, -0.25) is 4.79 Å². The Labute approximate surface area is 194 Å². The average Bonchev–Trinajstić information content (AvgIpc) is 2.79. The minimum Gasteiger partial charge on any atom is -0.487 e. The van der Waals surface area contributed by atoms with E-state index in [1.807, 2.05) is 30.3 Å². The summed E-state index contributed by atoms with van der Waals surface area (Å²) < 4.78 is 25.8. The summed E-state index contributed by atoms with van der Waals surface area (Å²) in [4.78, 5) is 13.8. The van der Waals surface area contributed by atoms with Gasteiger partial charge in [0.2, 0.25) is 0 Å². The smallest absolute Gasteiger partial charge is 0.256 e. The Balaban J connectivity index is 1.29. The molecule has 6 aliphatic rings. The first kappa shape index (κ1) is 21.2. The Bertz CT molecular complexity index is 1030. The van der Waals surface area contributed by atoms with Gasteiger partial charge < -0.3 is 23.5 Å². The number of hydrogen-bond donors (Lipinski definition) is 0. The maximum atomic E-state index is 13.8. The van der Waals surface area contributed by atoms with Gasteiger partial charge in [-0.05, 0) is 80.5 Å². The third kappa shape index (κ3) is 4.08. The normalized spacial score (nSPS) is 31.6. The van der Waals surface area contributed by atoms with Crippen LogP contribution in [0.15, 0.2) is 41.2 Å². The van der Waals surface area contributed by atoms with Crippen LogP contribution in [0.3, 0.4) is 0 Å². The van der Waals surface area contributed by atoms with Crippen molar-refractivity contribution in [3.05, 3.63) is 58.0 Å². The second-order valence-corrected chi connectivity index (χ2v) is 10.4. The average molecular weight is 452 g/mol. The van der Waals surface area contributed by atoms with Gasteiger partial charge in [0.05, 0.1) is 26.4 Å². The lowest BCUT2D eigenvalue weighted by molar-refractivity contribution is -0.0491. The van der Waals surface area contributed by atoms with E-state index in [9.17, 15) is 4.79 Å². The van der Waals surface area contributed by atoms with E-state index in [0.29, 0.717) is 51.1 Å². The number of ether oxygens (including phenoxy) is 4. The monoisotopic (exact) mass is 451 g/mol. The van der Waals surface area contributed by atoms with E-state index in [2.05, 4.69) is 10.6 Å². The van der Waals surface area contributed by atoms with Gasteiger partial charge in [-0.15, -0.1) is 0 Å². The number of nitrogens with zero attached hydrogens (tertiary/aromatic N) is 1. The Morgan fingerprint density at radius 2 is 1.30 bits per heavy atom. The molecule has 176 valence electrons. The van der Waals surface area contributed by atoms with E-state index in [4.69, 9.17) is 18.9 Å². The van der Waals surface area contributed by atoms with Gasteiger partial charge >= 0.3 is 0 Å². The Hall–Kier alpha value is -2.31. The fourth-order valence-electron chi connectivity index (χ4n) is 7.17. The Morgan fingerprint density at radius 1 is 0.727 bits per heavy atom. The lowest BCUT2D eigenvalue weighted by Gasteiger charge is -2.57. The summed E-state index contributed by atoms with van der Waals surface area (Å²) in [5.41, 5.74) is 1.77. The number of pyridine rings is 1. The molecule has 0 atom stereocenters. The SMILES string of the molecule is O=c1c2ccc(n1C13CC4CC(CC(C4)C1)C3)COCCOc1ccccc1OCCOC2. The van der Waals surface area contributed by atoms with Crippen LogP contribution in [0.5, 0.6) is 11.5 Å². The van der Waals surface area contributed by atoms with Crippen LogP contribution < -0.4 is 15.0 Å². The molecule has 4 aliphatic carbocycles. The van der Waals surface area contributed by atoms with Crippen LogP contribution in [0.25, 0.3) is 0 Å². The molecule has 6 heteroatoms. The van der Waals surface area contributed by atoms with Gasteiger partial charge in [-0.2, -0.15) is 0 Å². The summed E-state index contributed by atoms with van der Waals surface area (Å²) >= 11 is 0. The molecule has 0 amide bonds. The number of para-hydroxylation sites is 2. The minimum atomic E-state index is -0.0511. The third-order valence-electron chi connectivity index (χ3n) is 8.05. The van der Waals surface area contributed by atoms with Crippen LogP contribution >= 0.6 is 0 Å². The minimum absolute atomic E-state index is 0.0511.